The van der Waals surface area contributed by atoms with Gasteiger partial charge in [-0.15, -0.1) is 0 Å². The normalized spacial score (nSPS) is 10.6. The highest BCUT2D eigenvalue weighted by Gasteiger charge is 2.17. The fourth-order valence-electron chi connectivity index (χ4n) is 2.70. The van der Waals surface area contributed by atoms with Crippen LogP contribution in [0, 0.1) is 12.7 Å². The van der Waals surface area contributed by atoms with Crippen molar-refractivity contribution in [1.82, 2.24) is 20.6 Å². The molecule has 0 aliphatic carbocycles. The van der Waals surface area contributed by atoms with Crippen molar-refractivity contribution < 1.29 is 14.0 Å². The molecule has 0 atom stereocenters. The number of rotatable bonds is 3. The van der Waals surface area contributed by atoms with E-state index in [2.05, 4.69) is 16.0 Å². The standard InChI is InChI=1S/C19H17FN4O3/c1-3-24-19(27)14-7-5-4-6-13(14)16(23-24)18(26)22-21-17(25)15-10-12(20)9-8-11(15)2/h4-10H,3H2,1-2H3,(H,21,25)(H,22,26). The molecule has 2 N–H and O–H groups in total. The van der Waals surface area contributed by atoms with Gasteiger partial charge in [0.15, 0.2) is 5.69 Å². The number of fused-ring (bicyclic) bond motifs is 1. The topological polar surface area (TPSA) is 93.1 Å². The highest BCUT2D eigenvalue weighted by atomic mass is 19.1. The van der Waals surface area contributed by atoms with Crippen molar-refractivity contribution in [1.29, 1.82) is 0 Å². The molecule has 0 saturated heterocycles. The molecule has 1 heterocycles. The van der Waals surface area contributed by atoms with Crippen molar-refractivity contribution in [3.63, 3.8) is 0 Å². The van der Waals surface area contributed by atoms with E-state index in [0.29, 0.717) is 22.9 Å². The lowest BCUT2D eigenvalue weighted by atomic mass is 10.1. The van der Waals surface area contributed by atoms with Gasteiger partial charge in [-0.05, 0) is 37.6 Å². The van der Waals surface area contributed by atoms with Crippen LogP contribution in [0.5, 0.6) is 0 Å². The number of nitrogens with zero attached hydrogens (tertiary/aromatic N) is 2. The predicted molar refractivity (Wildman–Crippen MR) is 97.7 cm³/mol. The molecule has 0 radical (unpaired) electrons. The lowest BCUT2D eigenvalue weighted by molar-refractivity contribution is 0.0843. The molecule has 1 aromatic heterocycles. The van der Waals surface area contributed by atoms with Gasteiger partial charge in [-0.3, -0.25) is 25.2 Å². The molecule has 2 amide bonds. The van der Waals surface area contributed by atoms with E-state index >= 15 is 0 Å². The molecule has 0 aliphatic heterocycles. The summed E-state index contributed by atoms with van der Waals surface area (Å²) in [6.45, 7) is 3.68. The van der Waals surface area contributed by atoms with Crippen molar-refractivity contribution in [2.75, 3.05) is 0 Å². The summed E-state index contributed by atoms with van der Waals surface area (Å²) in [7, 11) is 0. The lowest BCUT2D eigenvalue weighted by Crippen LogP contribution is -2.43. The van der Waals surface area contributed by atoms with E-state index in [1.54, 1.807) is 38.1 Å². The van der Waals surface area contributed by atoms with Crippen LogP contribution in [0.2, 0.25) is 0 Å². The number of hydrogen-bond acceptors (Lipinski definition) is 4. The molecule has 0 unspecified atom stereocenters. The average molecular weight is 368 g/mol. The third kappa shape index (κ3) is 3.55. The summed E-state index contributed by atoms with van der Waals surface area (Å²) in [5.74, 6) is -1.90. The molecule has 27 heavy (non-hydrogen) atoms. The molecule has 3 rings (SSSR count). The van der Waals surface area contributed by atoms with Crippen molar-refractivity contribution >= 4 is 22.6 Å². The van der Waals surface area contributed by atoms with E-state index in [4.69, 9.17) is 0 Å². The number of halogens is 1. The zero-order valence-corrected chi connectivity index (χ0v) is 14.7. The fraction of sp³-hybridized carbons (Fsp3) is 0.158. The number of amides is 2. The number of benzene rings is 2. The van der Waals surface area contributed by atoms with E-state index in [0.717, 1.165) is 6.07 Å². The molecule has 0 spiro atoms. The third-order valence-corrected chi connectivity index (χ3v) is 4.12. The summed E-state index contributed by atoms with van der Waals surface area (Å²) in [5, 5.41) is 4.81. The Morgan fingerprint density at radius 3 is 2.44 bits per heavy atom. The second-order valence-electron chi connectivity index (χ2n) is 5.88. The van der Waals surface area contributed by atoms with Crippen LogP contribution in [0.3, 0.4) is 0 Å². The summed E-state index contributed by atoms with van der Waals surface area (Å²) in [6, 6.07) is 10.4. The highest BCUT2D eigenvalue weighted by molar-refractivity contribution is 6.06. The molecule has 0 saturated carbocycles. The number of nitrogens with one attached hydrogen (secondary N) is 2. The van der Waals surface area contributed by atoms with Gasteiger partial charge in [0.25, 0.3) is 17.4 Å². The molecular formula is C19H17FN4O3. The Kier molecular flexibility index (Phi) is 4.98. The number of hydrazine groups is 1. The molecule has 0 bridgehead atoms. The van der Waals surface area contributed by atoms with Crippen molar-refractivity contribution in [2.24, 2.45) is 0 Å². The van der Waals surface area contributed by atoms with Gasteiger partial charge in [-0.25, -0.2) is 9.07 Å². The van der Waals surface area contributed by atoms with E-state index in [1.807, 2.05) is 0 Å². The van der Waals surface area contributed by atoms with Crippen LogP contribution < -0.4 is 16.4 Å². The van der Waals surface area contributed by atoms with Crippen LogP contribution in [0.15, 0.2) is 47.3 Å². The van der Waals surface area contributed by atoms with E-state index in [1.165, 1.54) is 16.8 Å². The van der Waals surface area contributed by atoms with Crippen LogP contribution in [-0.2, 0) is 6.54 Å². The maximum absolute atomic E-state index is 13.4. The number of aryl methyl sites for hydroxylation is 2. The number of carbonyl (C=O) groups excluding carboxylic acids is 2. The molecular weight excluding hydrogens is 351 g/mol. The summed E-state index contributed by atoms with van der Waals surface area (Å²) in [6.07, 6.45) is 0. The molecule has 2 aromatic carbocycles. The minimum atomic E-state index is -0.684. The summed E-state index contributed by atoms with van der Waals surface area (Å²) in [4.78, 5) is 37.1. The second kappa shape index (κ2) is 7.36. The van der Waals surface area contributed by atoms with Gasteiger partial charge in [0, 0.05) is 17.5 Å². The largest absolute Gasteiger partial charge is 0.290 e. The summed E-state index contributed by atoms with van der Waals surface area (Å²) < 4.78 is 14.5. The second-order valence-corrected chi connectivity index (χ2v) is 5.88. The van der Waals surface area contributed by atoms with Crippen LogP contribution >= 0.6 is 0 Å². The van der Waals surface area contributed by atoms with E-state index < -0.39 is 17.6 Å². The Hall–Kier alpha value is -3.55. The third-order valence-electron chi connectivity index (χ3n) is 4.12. The van der Waals surface area contributed by atoms with Gasteiger partial charge >= 0.3 is 0 Å². The molecule has 3 aromatic rings. The first kappa shape index (κ1) is 18.2. The first-order valence-corrected chi connectivity index (χ1v) is 8.29. The van der Waals surface area contributed by atoms with Crippen LogP contribution in [0.1, 0.15) is 33.3 Å². The molecule has 8 heteroatoms. The molecule has 138 valence electrons. The molecule has 7 nitrogen and oxygen atoms in total. The fourth-order valence-corrected chi connectivity index (χ4v) is 2.70. The monoisotopic (exact) mass is 368 g/mol. The molecule has 0 fully saturated rings. The first-order chi connectivity index (χ1) is 12.9. The Bertz CT molecular complexity index is 1110. The lowest BCUT2D eigenvalue weighted by Gasteiger charge is -2.11. The van der Waals surface area contributed by atoms with E-state index in [-0.39, 0.29) is 16.8 Å². The average Bonchev–Trinajstić information content (AvgIpc) is 2.68. The van der Waals surface area contributed by atoms with Gasteiger partial charge in [0.2, 0.25) is 0 Å². The Morgan fingerprint density at radius 1 is 1.07 bits per heavy atom. The predicted octanol–water partition coefficient (Wildman–Crippen LogP) is 1.94. The van der Waals surface area contributed by atoms with Crippen LogP contribution in [0.25, 0.3) is 10.8 Å². The van der Waals surface area contributed by atoms with Crippen LogP contribution in [0.4, 0.5) is 4.39 Å². The van der Waals surface area contributed by atoms with Crippen LogP contribution in [-0.4, -0.2) is 21.6 Å². The maximum Gasteiger partial charge on any atom is 0.290 e. The summed E-state index contributed by atoms with van der Waals surface area (Å²) in [5.41, 5.74) is 4.88. The number of carbonyl (C=O) groups is 2. The SMILES string of the molecule is CCn1nc(C(=O)NNC(=O)c2cc(F)ccc2C)c2ccccc2c1=O. The highest BCUT2D eigenvalue weighted by Crippen LogP contribution is 2.13. The zero-order chi connectivity index (χ0) is 19.6. The summed E-state index contributed by atoms with van der Waals surface area (Å²) >= 11 is 0. The van der Waals surface area contributed by atoms with Crippen molar-refractivity contribution in [3.05, 3.63) is 75.5 Å². The van der Waals surface area contributed by atoms with Crippen molar-refractivity contribution in [3.8, 4) is 0 Å². The maximum atomic E-state index is 13.4. The van der Waals surface area contributed by atoms with Gasteiger partial charge in [0.05, 0.1) is 5.39 Å². The number of hydrogen-bond donors (Lipinski definition) is 2. The zero-order valence-electron chi connectivity index (χ0n) is 14.7. The van der Waals surface area contributed by atoms with E-state index in [9.17, 15) is 18.8 Å². The van der Waals surface area contributed by atoms with Gasteiger partial charge in [-0.1, -0.05) is 24.3 Å². The van der Waals surface area contributed by atoms with Gasteiger partial charge in [-0.2, -0.15) is 5.10 Å². The minimum Gasteiger partial charge on any atom is -0.267 e. The first-order valence-electron chi connectivity index (χ1n) is 8.29. The minimum absolute atomic E-state index is 0.00307. The smallest absolute Gasteiger partial charge is 0.267 e. The van der Waals surface area contributed by atoms with Gasteiger partial charge < -0.3 is 0 Å². The Balaban J connectivity index is 1.89. The Morgan fingerprint density at radius 2 is 1.74 bits per heavy atom. The van der Waals surface area contributed by atoms with Gasteiger partial charge in [0.1, 0.15) is 5.82 Å². The Labute approximate surface area is 153 Å². The number of aromatic nitrogens is 2. The van der Waals surface area contributed by atoms with Crippen molar-refractivity contribution in [2.45, 2.75) is 20.4 Å². The molecule has 0 aliphatic rings. The quantitative estimate of drug-likeness (QED) is 0.691.